The number of benzene rings is 1. The second-order valence-electron chi connectivity index (χ2n) is 5.31. The van der Waals surface area contributed by atoms with Gasteiger partial charge in [-0.05, 0) is 49.2 Å². The van der Waals surface area contributed by atoms with Gasteiger partial charge in [-0.25, -0.2) is 0 Å². The molecular weight excluding hydrogens is 270 g/mol. The summed E-state index contributed by atoms with van der Waals surface area (Å²) in [7, 11) is 0. The van der Waals surface area contributed by atoms with E-state index in [0.29, 0.717) is 0 Å². The van der Waals surface area contributed by atoms with Crippen LogP contribution in [0.15, 0.2) is 35.0 Å². The second-order valence-corrected chi connectivity index (χ2v) is 6.30. The molecule has 3 rings (SSSR count). The maximum absolute atomic E-state index is 11.9. The largest absolute Gasteiger partial charge is 0.365 e. The van der Waals surface area contributed by atoms with Gasteiger partial charge in [-0.15, -0.1) is 0 Å². The molecule has 0 aromatic heterocycles. The van der Waals surface area contributed by atoms with Gasteiger partial charge in [-0.3, -0.25) is 4.79 Å². The molecule has 0 spiro atoms. The zero-order valence-corrected chi connectivity index (χ0v) is 12.4. The number of likely N-dealkylation sites (tertiary alicyclic amines) is 1. The quantitative estimate of drug-likeness (QED) is 0.894. The smallest absolute Gasteiger partial charge is 0.217 e. The molecule has 3 N–H and O–H groups in total. The third kappa shape index (κ3) is 2.55. The van der Waals surface area contributed by atoms with Crippen molar-refractivity contribution in [3.8, 4) is 0 Å². The number of anilines is 1. The first-order valence-electron chi connectivity index (χ1n) is 6.95. The van der Waals surface area contributed by atoms with Gasteiger partial charge in [0.2, 0.25) is 5.12 Å². The minimum atomic E-state index is -0.545. The number of rotatable bonds is 3. The lowest BCUT2D eigenvalue weighted by molar-refractivity contribution is -0.111. The lowest BCUT2D eigenvalue weighted by Crippen LogP contribution is -2.31. The second kappa shape index (κ2) is 5.50. The van der Waals surface area contributed by atoms with Crippen molar-refractivity contribution < 1.29 is 4.79 Å². The van der Waals surface area contributed by atoms with E-state index in [1.54, 1.807) is 0 Å². The Morgan fingerprint density at radius 1 is 1.35 bits per heavy atom. The van der Waals surface area contributed by atoms with Gasteiger partial charge in [0.1, 0.15) is 11.1 Å². The fraction of sp³-hybridized carbons (Fsp3) is 0.400. The highest BCUT2D eigenvalue weighted by Crippen LogP contribution is 2.37. The number of nitrogens with zero attached hydrogens (tertiary/aromatic N) is 1. The number of carbonyl (C=O) groups excluding carboxylic acids is 1. The van der Waals surface area contributed by atoms with Crippen molar-refractivity contribution in [2.75, 3.05) is 18.4 Å². The predicted octanol–water partition coefficient (Wildman–Crippen LogP) is 2.27. The third-order valence-electron chi connectivity index (χ3n) is 3.68. The van der Waals surface area contributed by atoms with E-state index in [4.69, 9.17) is 5.73 Å². The summed E-state index contributed by atoms with van der Waals surface area (Å²) in [4.78, 5) is 14.2. The van der Waals surface area contributed by atoms with E-state index in [9.17, 15) is 4.79 Å². The zero-order chi connectivity index (χ0) is 14.1. The fourth-order valence-corrected chi connectivity index (χ4v) is 3.66. The summed E-state index contributed by atoms with van der Waals surface area (Å²) in [6.45, 7) is 4.08. The summed E-state index contributed by atoms with van der Waals surface area (Å²) < 4.78 is 0. The van der Waals surface area contributed by atoms with Crippen LogP contribution < -0.4 is 11.1 Å². The Morgan fingerprint density at radius 2 is 2.10 bits per heavy atom. The predicted molar refractivity (Wildman–Crippen MR) is 83.2 cm³/mol. The molecule has 1 unspecified atom stereocenters. The SMILES string of the molecule is Cc1cccc(NC2=C(N3CCCC3)SC(=O)C2N)c1. The van der Waals surface area contributed by atoms with Crippen molar-refractivity contribution in [3.63, 3.8) is 0 Å². The van der Waals surface area contributed by atoms with Gasteiger partial charge in [-0.2, -0.15) is 0 Å². The zero-order valence-electron chi connectivity index (χ0n) is 11.6. The molecule has 1 fully saturated rings. The molecule has 2 aliphatic rings. The maximum Gasteiger partial charge on any atom is 0.217 e. The number of thioether (sulfide) groups is 1. The number of hydrogen-bond acceptors (Lipinski definition) is 5. The average Bonchev–Trinajstić information content (AvgIpc) is 3.03. The summed E-state index contributed by atoms with van der Waals surface area (Å²) in [5.41, 5.74) is 9.08. The Labute approximate surface area is 123 Å². The van der Waals surface area contributed by atoms with Gasteiger partial charge in [-0.1, -0.05) is 12.1 Å². The molecule has 1 aromatic carbocycles. The van der Waals surface area contributed by atoms with E-state index in [1.807, 2.05) is 12.1 Å². The summed E-state index contributed by atoms with van der Waals surface area (Å²) >= 11 is 1.28. The topological polar surface area (TPSA) is 58.4 Å². The van der Waals surface area contributed by atoms with Crippen molar-refractivity contribution >= 4 is 22.6 Å². The van der Waals surface area contributed by atoms with E-state index >= 15 is 0 Å². The average molecular weight is 289 g/mol. The number of nitrogens with one attached hydrogen (secondary N) is 1. The molecule has 1 aromatic rings. The summed E-state index contributed by atoms with van der Waals surface area (Å²) in [5, 5.41) is 4.41. The van der Waals surface area contributed by atoms with Crippen molar-refractivity contribution in [3.05, 3.63) is 40.6 Å². The van der Waals surface area contributed by atoms with Gasteiger partial charge in [0.25, 0.3) is 0 Å². The summed E-state index contributed by atoms with van der Waals surface area (Å²) in [6.07, 6.45) is 2.37. The molecule has 2 heterocycles. The maximum atomic E-state index is 11.9. The van der Waals surface area contributed by atoms with Crippen molar-refractivity contribution in [2.24, 2.45) is 5.73 Å². The molecule has 2 aliphatic heterocycles. The molecule has 106 valence electrons. The van der Waals surface area contributed by atoms with Gasteiger partial charge in [0.05, 0.1) is 5.70 Å². The highest BCUT2D eigenvalue weighted by Gasteiger charge is 2.35. The Kier molecular flexibility index (Phi) is 3.72. The van der Waals surface area contributed by atoms with Gasteiger partial charge < -0.3 is 16.0 Å². The van der Waals surface area contributed by atoms with Crippen LogP contribution in [0.2, 0.25) is 0 Å². The first-order chi connectivity index (χ1) is 9.65. The normalized spacial score (nSPS) is 22.8. The Hall–Kier alpha value is -1.46. The molecule has 5 heteroatoms. The number of hydrogen-bond donors (Lipinski definition) is 2. The molecule has 0 amide bonds. The van der Waals surface area contributed by atoms with Gasteiger partial charge >= 0.3 is 0 Å². The Balaban J connectivity index is 1.89. The van der Waals surface area contributed by atoms with Crippen LogP contribution in [-0.4, -0.2) is 29.1 Å². The highest BCUT2D eigenvalue weighted by atomic mass is 32.2. The van der Waals surface area contributed by atoms with E-state index < -0.39 is 6.04 Å². The monoisotopic (exact) mass is 289 g/mol. The van der Waals surface area contributed by atoms with E-state index in [0.717, 1.165) is 29.5 Å². The highest BCUT2D eigenvalue weighted by molar-refractivity contribution is 8.17. The molecule has 0 aliphatic carbocycles. The number of carbonyl (C=O) groups is 1. The van der Waals surface area contributed by atoms with Crippen LogP contribution in [0.3, 0.4) is 0 Å². The third-order valence-corrected chi connectivity index (χ3v) is 4.81. The minimum Gasteiger partial charge on any atom is -0.365 e. The molecule has 20 heavy (non-hydrogen) atoms. The molecular formula is C15H19N3OS. The number of aryl methyl sites for hydroxylation is 1. The standard InChI is InChI=1S/C15H19N3OS/c1-10-5-4-6-11(9-10)17-13-12(16)15(19)20-14(13)18-7-2-3-8-18/h4-6,9,12,17H,2-3,7-8,16H2,1H3. The van der Waals surface area contributed by atoms with Crippen LogP contribution in [0.4, 0.5) is 5.69 Å². The van der Waals surface area contributed by atoms with Crippen LogP contribution in [0.5, 0.6) is 0 Å². The fourth-order valence-electron chi connectivity index (χ4n) is 2.63. The van der Waals surface area contributed by atoms with Crippen LogP contribution in [0.1, 0.15) is 18.4 Å². The minimum absolute atomic E-state index is 0.0297. The molecule has 1 atom stereocenters. The summed E-state index contributed by atoms with van der Waals surface area (Å²) in [6, 6.07) is 7.57. The molecule has 1 saturated heterocycles. The van der Waals surface area contributed by atoms with Crippen LogP contribution >= 0.6 is 11.8 Å². The summed E-state index contributed by atoms with van der Waals surface area (Å²) in [5.74, 6) is 0. The van der Waals surface area contributed by atoms with E-state index in [-0.39, 0.29) is 5.12 Å². The van der Waals surface area contributed by atoms with Crippen LogP contribution in [-0.2, 0) is 4.79 Å². The van der Waals surface area contributed by atoms with Crippen LogP contribution in [0, 0.1) is 6.92 Å². The lowest BCUT2D eigenvalue weighted by Gasteiger charge is -2.20. The van der Waals surface area contributed by atoms with Gasteiger partial charge in [0, 0.05) is 18.8 Å². The van der Waals surface area contributed by atoms with Crippen molar-refractivity contribution in [1.29, 1.82) is 0 Å². The van der Waals surface area contributed by atoms with Crippen molar-refractivity contribution in [2.45, 2.75) is 25.8 Å². The van der Waals surface area contributed by atoms with Gasteiger partial charge in [0.15, 0.2) is 0 Å². The molecule has 0 bridgehead atoms. The molecule has 4 nitrogen and oxygen atoms in total. The van der Waals surface area contributed by atoms with Crippen molar-refractivity contribution in [1.82, 2.24) is 4.90 Å². The Morgan fingerprint density at radius 3 is 2.80 bits per heavy atom. The Bertz CT molecular complexity index is 564. The molecule has 0 saturated carbocycles. The van der Waals surface area contributed by atoms with Crippen LogP contribution in [0.25, 0.3) is 0 Å². The molecule has 0 radical (unpaired) electrons. The van der Waals surface area contributed by atoms with E-state index in [1.165, 1.54) is 30.2 Å². The first-order valence-corrected chi connectivity index (χ1v) is 7.77. The first kappa shape index (κ1) is 13.5. The van der Waals surface area contributed by atoms with E-state index in [2.05, 4.69) is 29.3 Å². The number of nitrogens with two attached hydrogens (primary N) is 1. The lowest BCUT2D eigenvalue weighted by atomic mass is 10.2.